The molecule has 0 amide bonds. The van der Waals surface area contributed by atoms with Crippen molar-refractivity contribution in [3.05, 3.63) is 78.5 Å². The zero-order valence-corrected chi connectivity index (χ0v) is 17.9. The van der Waals surface area contributed by atoms with Gasteiger partial charge in [0.15, 0.2) is 5.96 Å². The molecule has 0 saturated carbocycles. The number of hydrogen-bond donors (Lipinski definition) is 2. The van der Waals surface area contributed by atoms with Crippen LogP contribution in [0.1, 0.15) is 12.5 Å². The van der Waals surface area contributed by atoms with E-state index in [9.17, 15) is 0 Å². The number of aliphatic imine (C=N–C) groups is 1. The maximum absolute atomic E-state index is 6.02. The first-order chi connectivity index (χ1) is 13.2. The van der Waals surface area contributed by atoms with Crippen LogP contribution in [0.4, 0.5) is 5.69 Å². The van der Waals surface area contributed by atoms with Gasteiger partial charge >= 0.3 is 0 Å². The smallest absolute Gasteiger partial charge is 0.218 e. The predicted octanol–water partition coefficient (Wildman–Crippen LogP) is 4.82. The highest BCUT2D eigenvalue weighted by atomic mass is 127. The average molecular weight is 490 g/mol. The van der Waals surface area contributed by atoms with Crippen molar-refractivity contribution in [3.63, 3.8) is 0 Å². The second-order valence-corrected chi connectivity index (χ2v) is 5.67. The molecule has 6 nitrogen and oxygen atoms in total. The third-order valence-corrected chi connectivity index (χ3v) is 3.64. The molecule has 3 N–H and O–H groups in total. The lowest BCUT2D eigenvalue weighted by molar-refractivity contribution is 0.323. The second-order valence-electron chi connectivity index (χ2n) is 5.67. The van der Waals surface area contributed by atoms with E-state index >= 15 is 0 Å². The standard InChI is InChI=1S/C21H22N4O2.HI/c1-2-26-20-16(8-7-13-23-20)15-24-21(22)25-17-9-6-12-19(14-17)27-18-10-4-3-5-11-18;/h3-14H,2,15H2,1H3,(H3,22,24,25);1H. The molecule has 28 heavy (non-hydrogen) atoms. The number of hydrogen-bond acceptors (Lipinski definition) is 4. The van der Waals surface area contributed by atoms with Gasteiger partial charge < -0.3 is 20.5 Å². The van der Waals surface area contributed by atoms with E-state index in [2.05, 4.69) is 15.3 Å². The Balaban J connectivity index is 0.00000280. The lowest BCUT2D eigenvalue weighted by atomic mass is 10.3. The van der Waals surface area contributed by atoms with Gasteiger partial charge in [0.1, 0.15) is 11.5 Å². The van der Waals surface area contributed by atoms with Crippen molar-refractivity contribution in [1.29, 1.82) is 0 Å². The Kier molecular flexibility index (Phi) is 8.54. The van der Waals surface area contributed by atoms with Gasteiger partial charge in [0, 0.05) is 23.5 Å². The molecule has 0 aliphatic rings. The van der Waals surface area contributed by atoms with E-state index in [1.165, 1.54) is 0 Å². The molecule has 0 bridgehead atoms. The highest BCUT2D eigenvalue weighted by Crippen LogP contribution is 2.23. The molecule has 1 heterocycles. The van der Waals surface area contributed by atoms with Crippen LogP contribution in [0.3, 0.4) is 0 Å². The molecule has 0 radical (unpaired) electrons. The third kappa shape index (κ3) is 6.41. The molecule has 0 atom stereocenters. The molecule has 0 spiro atoms. The molecule has 7 heteroatoms. The lowest BCUT2D eigenvalue weighted by Crippen LogP contribution is -2.22. The minimum absolute atomic E-state index is 0. The van der Waals surface area contributed by atoms with E-state index in [1.807, 2.05) is 73.7 Å². The Morgan fingerprint density at radius 3 is 2.61 bits per heavy atom. The predicted molar refractivity (Wildman–Crippen MR) is 123 cm³/mol. The maximum Gasteiger partial charge on any atom is 0.218 e. The number of nitrogens with one attached hydrogen (secondary N) is 1. The first-order valence-electron chi connectivity index (χ1n) is 8.71. The molecule has 0 saturated heterocycles. The summed E-state index contributed by atoms with van der Waals surface area (Å²) in [5.74, 6) is 2.37. The zero-order chi connectivity index (χ0) is 18.9. The van der Waals surface area contributed by atoms with Crippen molar-refractivity contribution in [2.75, 3.05) is 11.9 Å². The van der Waals surface area contributed by atoms with Gasteiger partial charge in [-0.1, -0.05) is 30.3 Å². The number of pyridine rings is 1. The Morgan fingerprint density at radius 1 is 1.04 bits per heavy atom. The molecule has 0 unspecified atom stereocenters. The van der Waals surface area contributed by atoms with E-state index in [-0.39, 0.29) is 24.0 Å². The number of nitrogens with zero attached hydrogens (tertiary/aromatic N) is 2. The Bertz CT molecular complexity index is 904. The molecule has 0 fully saturated rings. The molecule has 2 aromatic carbocycles. The highest BCUT2D eigenvalue weighted by molar-refractivity contribution is 14.0. The number of halogens is 1. The number of aromatic nitrogens is 1. The van der Waals surface area contributed by atoms with Gasteiger partial charge in [-0.3, -0.25) is 0 Å². The summed E-state index contributed by atoms with van der Waals surface area (Å²) in [5, 5.41) is 3.08. The highest BCUT2D eigenvalue weighted by Gasteiger charge is 2.04. The molecular weight excluding hydrogens is 467 g/mol. The fraction of sp³-hybridized carbons (Fsp3) is 0.143. The molecule has 3 aromatic rings. The topological polar surface area (TPSA) is 81.8 Å². The van der Waals surface area contributed by atoms with Crippen LogP contribution in [0.25, 0.3) is 0 Å². The summed E-state index contributed by atoms with van der Waals surface area (Å²) < 4.78 is 11.3. The quantitative estimate of drug-likeness (QED) is 0.282. The van der Waals surface area contributed by atoms with Crippen molar-refractivity contribution in [2.24, 2.45) is 10.7 Å². The summed E-state index contributed by atoms with van der Waals surface area (Å²) in [6.07, 6.45) is 1.69. The normalized spacial score (nSPS) is 10.7. The first kappa shape index (κ1) is 21.5. The van der Waals surface area contributed by atoms with Crippen molar-refractivity contribution in [2.45, 2.75) is 13.5 Å². The van der Waals surface area contributed by atoms with Gasteiger partial charge in [-0.05, 0) is 37.3 Å². The van der Waals surface area contributed by atoms with E-state index in [0.717, 1.165) is 17.0 Å². The lowest BCUT2D eigenvalue weighted by Gasteiger charge is -2.10. The summed E-state index contributed by atoms with van der Waals surface area (Å²) in [4.78, 5) is 8.58. The van der Waals surface area contributed by atoms with Crippen molar-refractivity contribution in [3.8, 4) is 17.4 Å². The Morgan fingerprint density at radius 2 is 1.82 bits per heavy atom. The molecular formula is C21H23IN4O2. The number of anilines is 1. The minimum atomic E-state index is 0. The van der Waals surface area contributed by atoms with E-state index < -0.39 is 0 Å². The number of nitrogens with two attached hydrogens (primary N) is 1. The number of ether oxygens (including phenoxy) is 2. The van der Waals surface area contributed by atoms with Crippen LogP contribution in [0, 0.1) is 0 Å². The Hall–Kier alpha value is -2.81. The van der Waals surface area contributed by atoms with Crippen molar-refractivity contribution >= 4 is 35.6 Å². The monoisotopic (exact) mass is 490 g/mol. The molecule has 3 rings (SSSR count). The minimum Gasteiger partial charge on any atom is -0.478 e. The fourth-order valence-electron chi connectivity index (χ4n) is 2.43. The van der Waals surface area contributed by atoms with Gasteiger partial charge in [-0.25, -0.2) is 9.98 Å². The summed E-state index contributed by atoms with van der Waals surface area (Å²) in [7, 11) is 0. The molecule has 0 aliphatic carbocycles. The number of guanidine groups is 1. The summed E-state index contributed by atoms with van der Waals surface area (Å²) in [6, 6.07) is 20.9. The number of rotatable bonds is 7. The molecule has 1 aromatic heterocycles. The third-order valence-electron chi connectivity index (χ3n) is 3.64. The van der Waals surface area contributed by atoms with Gasteiger partial charge in [0.2, 0.25) is 5.88 Å². The van der Waals surface area contributed by atoms with E-state index in [4.69, 9.17) is 15.2 Å². The van der Waals surface area contributed by atoms with Crippen LogP contribution in [-0.4, -0.2) is 17.6 Å². The number of para-hydroxylation sites is 1. The molecule has 0 aliphatic heterocycles. The average Bonchev–Trinajstić information content (AvgIpc) is 2.69. The van der Waals surface area contributed by atoms with E-state index in [0.29, 0.717) is 30.7 Å². The van der Waals surface area contributed by atoms with E-state index in [1.54, 1.807) is 6.20 Å². The van der Waals surface area contributed by atoms with Crippen LogP contribution in [0.15, 0.2) is 77.9 Å². The van der Waals surface area contributed by atoms with Crippen molar-refractivity contribution in [1.82, 2.24) is 4.98 Å². The van der Waals surface area contributed by atoms with Crippen LogP contribution >= 0.6 is 24.0 Å². The fourth-order valence-corrected chi connectivity index (χ4v) is 2.43. The van der Waals surface area contributed by atoms with Gasteiger partial charge in [0.05, 0.1) is 13.2 Å². The van der Waals surface area contributed by atoms with Gasteiger partial charge in [-0.2, -0.15) is 0 Å². The van der Waals surface area contributed by atoms with Crippen LogP contribution in [0.5, 0.6) is 17.4 Å². The Labute approximate surface area is 181 Å². The largest absolute Gasteiger partial charge is 0.478 e. The van der Waals surface area contributed by atoms with Crippen LogP contribution in [-0.2, 0) is 6.54 Å². The summed E-state index contributed by atoms with van der Waals surface area (Å²) in [5.41, 5.74) is 7.69. The zero-order valence-electron chi connectivity index (χ0n) is 15.5. The maximum atomic E-state index is 6.02. The summed E-state index contributed by atoms with van der Waals surface area (Å²) in [6.45, 7) is 2.85. The first-order valence-corrected chi connectivity index (χ1v) is 8.71. The summed E-state index contributed by atoms with van der Waals surface area (Å²) >= 11 is 0. The SMILES string of the molecule is CCOc1ncccc1CN=C(N)Nc1cccc(Oc2ccccc2)c1.I. The number of benzene rings is 2. The van der Waals surface area contributed by atoms with Crippen LogP contribution < -0.4 is 20.5 Å². The van der Waals surface area contributed by atoms with Gasteiger partial charge in [0.25, 0.3) is 0 Å². The van der Waals surface area contributed by atoms with Crippen molar-refractivity contribution < 1.29 is 9.47 Å². The van der Waals surface area contributed by atoms with Crippen LogP contribution in [0.2, 0.25) is 0 Å². The second kappa shape index (κ2) is 11.1. The van der Waals surface area contributed by atoms with Gasteiger partial charge in [-0.15, -0.1) is 24.0 Å². The molecule has 146 valence electrons.